The summed E-state index contributed by atoms with van der Waals surface area (Å²) in [4.78, 5) is 15.1. The van der Waals surface area contributed by atoms with E-state index in [4.69, 9.17) is 9.94 Å². The smallest absolute Gasteiger partial charge is 0.240 e. The van der Waals surface area contributed by atoms with Crippen LogP contribution in [0.5, 0.6) is 0 Å². The molecule has 0 aliphatic heterocycles. The fourth-order valence-electron chi connectivity index (χ4n) is 0.792. The molecule has 12 heavy (non-hydrogen) atoms. The molecular weight excluding hydrogens is 158 g/mol. The number of carbonyl (C=O) groups is 1. The van der Waals surface area contributed by atoms with Crippen LogP contribution in [0.3, 0.4) is 0 Å². The number of hydrogen-bond donors (Lipinski definition) is 2. The Bertz CT molecular complexity index is 117. The molecule has 1 amide bonds. The molecule has 0 unspecified atom stereocenters. The minimum Gasteiger partial charge on any atom is -0.396 e. The number of carbonyl (C=O) groups excluding carboxylic acids is 1. The molecule has 0 atom stereocenters. The summed E-state index contributed by atoms with van der Waals surface area (Å²) in [6, 6.07) is 0. The lowest BCUT2D eigenvalue weighted by Gasteiger charge is -2.02. The number of amides is 1. The molecule has 2 N–H and O–H groups in total. The zero-order valence-electron chi connectivity index (χ0n) is 7.51. The van der Waals surface area contributed by atoms with Gasteiger partial charge in [-0.2, -0.15) is 0 Å². The van der Waals surface area contributed by atoms with Gasteiger partial charge in [0.2, 0.25) is 5.91 Å². The van der Waals surface area contributed by atoms with Crippen molar-refractivity contribution in [2.75, 3.05) is 13.2 Å². The topological polar surface area (TPSA) is 58.6 Å². The van der Waals surface area contributed by atoms with E-state index in [9.17, 15) is 4.79 Å². The van der Waals surface area contributed by atoms with Gasteiger partial charge in [-0.15, -0.1) is 0 Å². The van der Waals surface area contributed by atoms with Crippen LogP contribution in [0.25, 0.3) is 0 Å². The maximum absolute atomic E-state index is 10.3. The van der Waals surface area contributed by atoms with Crippen molar-refractivity contribution in [2.45, 2.75) is 32.6 Å². The summed E-state index contributed by atoms with van der Waals surface area (Å²) in [5.74, 6) is -0.176. The van der Waals surface area contributed by atoms with Gasteiger partial charge in [-0.25, -0.2) is 5.48 Å². The average Bonchev–Trinajstić information content (AvgIpc) is 2.02. The quantitative estimate of drug-likeness (QED) is 0.440. The van der Waals surface area contributed by atoms with Gasteiger partial charge in [0.25, 0.3) is 0 Å². The molecule has 4 nitrogen and oxygen atoms in total. The molecule has 0 aliphatic carbocycles. The number of nitrogens with one attached hydrogen (secondary N) is 1. The monoisotopic (exact) mass is 175 g/mol. The van der Waals surface area contributed by atoms with E-state index in [0.717, 1.165) is 25.7 Å². The van der Waals surface area contributed by atoms with Gasteiger partial charge in [0.15, 0.2) is 0 Å². The minimum absolute atomic E-state index is 0.176. The highest BCUT2D eigenvalue weighted by molar-refractivity contribution is 5.71. The maximum atomic E-state index is 10.3. The Morgan fingerprint density at radius 1 is 1.33 bits per heavy atom. The summed E-state index contributed by atoms with van der Waals surface area (Å²) in [7, 11) is 0. The molecule has 0 saturated carbocycles. The van der Waals surface area contributed by atoms with E-state index in [0.29, 0.717) is 6.61 Å². The fourth-order valence-corrected chi connectivity index (χ4v) is 0.792. The van der Waals surface area contributed by atoms with Gasteiger partial charge < -0.3 is 5.11 Å². The molecule has 0 aliphatic rings. The molecule has 0 radical (unpaired) electrons. The Balaban J connectivity index is 2.86. The first kappa shape index (κ1) is 11.4. The number of hydroxylamine groups is 1. The van der Waals surface area contributed by atoms with Crippen LogP contribution in [-0.2, 0) is 9.63 Å². The van der Waals surface area contributed by atoms with Crippen LogP contribution in [0.2, 0.25) is 0 Å². The van der Waals surface area contributed by atoms with E-state index in [1.165, 1.54) is 6.92 Å². The van der Waals surface area contributed by atoms with Crippen LogP contribution in [0.1, 0.15) is 32.6 Å². The maximum Gasteiger partial charge on any atom is 0.240 e. The molecule has 0 spiro atoms. The van der Waals surface area contributed by atoms with Gasteiger partial charge in [0, 0.05) is 13.5 Å². The van der Waals surface area contributed by atoms with Crippen LogP contribution in [0, 0.1) is 0 Å². The highest BCUT2D eigenvalue weighted by Crippen LogP contribution is 1.98. The molecule has 72 valence electrons. The largest absolute Gasteiger partial charge is 0.396 e. The van der Waals surface area contributed by atoms with Crippen molar-refractivity contribution in [3.63, 3.8) is 0 Å². The van der Waals surface area contributed by atoms with Crippen LogP contribution in [0.15, 0.2) is 0 Å². The standard InChI is InChI=1S/C8H17NO3/c1-8(11)9-12-7-5-3-2-4-6-10/h10H,2-7H2,1H3,(H,9,11). The third-order valence-electron chi connectivity index (χ3n) is 1.37. The number of aliphatic hydroxyl groups is 1. The molecule has 0 saturated heterocycles. The summed E-state index contributed by atoms with van der Waals surface area (Å²) in [6.07, 6.45) is 3.81. The predicted molar refractivity (Wildman–Crippen MR) is 45.3 cm³/mol. The van der Waals surface area contributed by atoms with E-state index >= 15 is 0 Å². The normalized spacial score (nSPS) is 9.83. The number of aliphatic hydroxyl groups excluding tert-OH is 1. The average molecular weight is 175 g/mol. The first-order valence-corrected chi connectivity index (χ1v) is 4.26. The zero-order valence-corrected chi connectivity index (χ0v) is 7.51. The molecule has 0 aromatic rings. The van der Waals surface area contributed by atoms with Crippen LogP contribution < -0.4 is 5.48 Å². The molecule has 0 aromatic carbocycles. The van der Waals surface area contributed by atoms with E-state index in [-0.39, 0.29) is 12.5 Å². The van der Waals surface area contributed by atoms with Crippen molar-refractivity contribution in [3.8, 4) is 0 Å². The summed E-state index contributed by atoms with van der Waals surface area (Å²) in [5.41, 5.74) is 2.25. The summed E-state index contributed by atoms with van der Waals surface area (Å²) in [5, 5.41) is 8.45. The van der Waals surface area contributed by atoms with E-state index in [2.05, 4.69) is 5.48 Å². The van der Waals surface area contributed by atoms with Crippen molar-refractivity contribution in [1.29, 1.82) is 0 Å². The van der Waals surface area contributed by atoms with Gasteiger partial charge in [-0.05, 0) is 12.8 Å². The highest BCUT2D eigenvalue weighted by Gasteiger charge is 1.91. The van der Waals surface area contributed by atoms with Gasteiger partial charge in [0.1, 0.15) is 0 Å². The van der Waals surface area contributed by atoms with Gasteiger partial charge in [0.05, 0.1) is 6.61 Å². The molecule has 4 heteroatoms. The molecule has 0 aromatic heterocycles. The van der Waals surface area contributed by atoms with Gasteiger partial charge in [-0.1, -0.05) is 12.8 Å². The molecule has 0 fully saturated rings. The second-order valence-electron chi connectivity index (χ2n) is 2.64. The summed E-state index contributed by atoms with van der Waals surface area (Å²) < 4.78 is 0. The number of unbranched alkanes of at least 4 members (excludes halogenated alkanes) is 3. The predicted octanol–water partition coefficient (Wildman–Crippen LogP) is 0.607. The number of hydrogen-bond acceptors (Lipinski definition) is 3. The minimum atomic E-state index is -0.176. The van der Waals surface area contributed by atoms with Gasteiger partial charge >= 0.3 is 0 Å². The Morgan fingerprint density at radius 2 is 2.00 bits per heavy atom. The second kappa shape index (κ2) is 8.49. The molecule has 0 bridgehead atoms. The van der Waals surface area contributed by atoms with Crippen molar-refractivity contribution >= 4 is 5.91 Å². The van der Waals surface area contributed by atoms with Gasteiger partial charge in [-0.3, -0.25) is 9.63 Å². The fraction of sp³-hybridized carbons (Fsp3) is 0.875. The van der Waals surface area contributed by atoms with E-state index in [1.54, 1.807) is 0 Å². The lowest BCUT2D eigenvalue weighted by atomic mass is 10.2. The number of rotatable bonds is 7. The zero-order chi connectivity index (χ0) is 9.23. The molecule has 0 heterocycles. The lowest BCUT2D eigenvalue weighted by molar-refractivity contribution is -0.131. The highest BCUT2D eigenvalue weighted by atomic mass is 16.6. The summed E-state index contributed by atoms with van der Waals surface area (Å²) in [6.45, 7) is 2.21. The third kappa shape index (κ3) is 9.39. The van der Waals surface area contributed by atoms with E-state index < -0.39 is 0 Å². The summed E-state index contributed by atoms with van der Waals surface area (Å²) >= 11 is 0. The van der Waals surface area contributed by atoms with E-state index in [1.807, 2.05) is 0 Å². The Kier molecular flexibility index (Phi) is 8.05. The van der Waals surface area contributed by atoms with Crippen LogP contribution >= 0.6 is 0 Å². The first-order chi connectivity index (χ1) is 5.77. The van der Waals surface area contributed by atoms with Crippen molar-refractivity contribution in [3.05, 3.63) is 0 Å². The Hall–Kier alpha value is -0.610. The van der Waals surface area contributed by atoms with Crippen LogP contribution in [0.4, 0.5) is 0 Å². The Labute approximate surface area is 72.9 Å². The molecular formula is C8H17NO3. The first-order valence-electron chi connectivity index (χ1n) is 4.26. The molecule has 0 rings (SSSR count). The Morgan fingerprint density at radius 3 is 2.58 bits per heavy atom. The van der Waals surface area contributed by atoms with Crippen molar-refractivity contribution in [1.82, 2.24) is 5.48 Å². The third-order valence-corrected chi connectivity index (χ3v) is 1.37. The SMILES string of the molecule is CC(=O)NOCCCCCCO. The second-order valence-corrected chi connectivity index (χ2v) is 2.64. The van der Waals surface area contributed by atoms with Crippen LogP contribution in [-0.4, -0.2) is 24.2 Å². The van der Waals surface area contributed by atoms with Crippen molar-refractivity contribution < 1.29 is 14.7 Å². The lowest BCUT2D eigenvalue weighted by Crippen LogP contribution is -2.20. The van der Waals surface area contributed by atoms with Crippen molar-refractivity contribution in [2.24, 2.45) is 0 Å².